The molecule has 0 fully saturated rings. The van der Waals surface area contributed by atoms with E-state index in [9.17, 15) is 8.42 Å². The third kappa shape index (κ3) is 4.75. The average molecular weight is 398 g/mol. The molecule has 0 amide bonds. The van der Waals surface area contributed by atoms with E-state index in [0.717, 1.165) is 10.9 Å². The number of pyridine rings is 2. The molecule has 10 heteroatoms. The Kier molecular flexibility index (Phi) is 6.28. The number of hydrogen-bond donors (Lipinski definition) is 0. The topological polar surface area (TPSA) is 118 Å². The molecule has 0 saturated heterocycles. The molecule has 2 aromatic rings. The van der Waals surface area contributed by atoms with Gasteiger partial charge in [0.2, 0.25) is 5.88 Å². The average Bonchev–Trinajstić information content (AvgIpc) is 2.57. The van der Waals surface area contributed by atoms with E-state index >= 15 is 0 Å². The molecule has 0 aliphatic carbocycles. The van der Waals surface area contributed by atoms with Gasteiger partial charge < -0.3 is 4.74 Å². The fourth-order valence-corrected chi connectivity index (χ4v) is 3.33. The van der Waals surface area contributed by atoms with E-state index in [2.05, 4.69) is 20.0 Å². The number of nitrogens with zero attached hydrogens (tertiary/aromatic N) is 5. The number of azide groups is 1. The quantitative estimate of drug-likeness (QED) is 0.219. The minimum absolute atomic E-state index is 0.0396. The third-order valence-corrected chi connectivity index (χ3v) is 5.37. The van der Waals surface area contributed by atoms with Crippen LogP contribution in [0.3, 0.4) is 0 Å². The molecule has 26 heavy (non-hydrogen) atoms. The fraction of sp³-hybridized carbons (Fsp3) is 0.500. The third-order valence-electron chi connectivity index (χ3n) is 4.13. The Labute approximate surface area is 157 Å². The molecule has 0 saturated carbocycles. The van der Waals surface area contributed by atoms with Crippen LogP contribution in [0.1, 0.15) is 32.3 Å². The molecule has 2 aromatic heterocycles. The van der Waals surface area contributed by atoms with Gasteiger partial charge in [0.05, 0.1) is 23.3 Å². The van der Waals surface area contributed by atoms with Crippen LogP contribution in [0.2, 0.25) is 5.15 Å². The molecule has 8 nitrogen and oxygen atoms in total. The molecule has 2 rings (SSSR count). The Balaban J connectivity index is 2.44. The SMILES string of the molecule is CCC(C)(N=[N+]=[N-])c1cnc(OCCCS(C)(=O)=O)c2cnc(Cl)cc12. The summed E-state index contributed by atoms with van der Waals surface area (Å²) >= 11 is 6.05. The van der Waals surface area contributed by atoms with Gasteiger partial charge in [0, 0.05) is 23.6 Å². The summed E-state index contributed by atoms with van der Waals surface area (Å²) in [6.07, 6.45) is 5.26. The summed E-state index contributed by atoms with van der Waals surface area (Å²) in [5.41, 5.74) is 8.84. The molecule has 0 aromatic carbocycles. The predicted molar refractivity (Wildman–Crippen MR) is 101 cm³/mol. The standard InChI is InChI=1S/C16H20ClN5O3S/c1-4-16(2,21-22-18)13-10-20-15(25-6-5-7-26(3,23)24)12-9-19-14(17)8-11(12)13/h8-10H,4-7H2,1-3H3. The van der Waals surface area contributed by atoms with Gasteiger partial charge in [-0.2, -0.15) is 0 Å². The van der Waals surface area contributed by atoms with Gasteiger partial charge in [0.25, 0.3) is 0 Å². The monoisotopic (exact) mass is 397 g/mol. The van der Waals surface area contributed by atoms with Crippen molar-refractivity contribution >= 4 is 32.2 Å². The zero-order valence-corrected chi connectivity index (χ0v) is 16.4. The van der Waals surface area contributed by atoms with E-state index in [1.165, 1.54) is 6.26 Å². The van der Waals surface area contributed by atoms with Crippen molar-refractivity contribution in [1.82, 2.24) is 9.97 Å². The van der Waals surface area contributed by atoms with Gasteiger partial charge in [-0.05, 0) is 42.3 Å². The summed E-state index contributed by atoms with van der Waals surface area (Å²) in [6, 6.07) is 1.68. The maximum absolute atomic E-state index is 11.2. The molecule has 0 N–H and O–H groups in total. The maximum Gasteiger partial charge on any atom is 0.222 e. The van der Waals surface area contributed by atoms with Gasteiger partial charge in [0.15, 0.2) is 0 Å². The Morgan fingerprint density at radius 1 is 1.35 bits per heavy atom. The van der Waals surface area contributed by atoms with Crippen LogP contribution in [0.15, 0.2) is 23.6 Å². The summed E-state index contributed by atoms with van der Waals surface area (Å²) in [5.74, 6) is 0.374. The second-order valence-electron chi connectivity index (χ2n) is 6.18. The lowest BCUT2D eigenvalue weighted by Gasteiger charge is -2.24. The molecule has 140 valence electrons. The maximum atomic E-state index is 11.2. The van der Waals surface area contributed by atoms with Crippen LogP contribution in [-0.4, -0.2) is 37.0 Å². The first kappa shape index (κ1) is 20.2. The molecule has 0 aliphatic rings. The summed E-state index contributed by atoms with van der Waals surface area (Å²) in [5, 5.41) is 5.58. The molecule has 0 radical (unpaired) electrons. The molecular formula is C16H20ClN5O3S. The van der Waals surface area contributed by atoms with Gasteiger partial charge in [-0.25, -0.2) is 18.4 Å². The highest BCUT2D eigenvalue weighted by atomic mass is 35.5. The van der Waals surface area contributed by atoms with Crippen LogP contribution in [-0.2, 0) is 15.4 Å². The van der Waals surface area contributed by atoms with Crippen LogP contribution in [0.4, 0.5) is 0 Å². The van der Waals surface area contributed by atoms with Gasteiger partial charge in [-0.1, -0.05) is 23.6 Å². The number of rotatable bonds is 8. The summed E-state index contributed by atoms with van der Waals surface area (Å²) < 4.78 is 28.1. The Morgan fingerprint density at radius 3 is 2.69 bits per heavy atom. The van der Waals surface area contributed by atoms with E-state index in [-0.39, 0.29) is 12.4 Å². The first-order valence-electron chi connectivity index (χ1n) is 8.01. The number of fused-ring (bicyclic) bond motifs is 1. The van der Waals surface area contributed by atoms with Crippen LogP contribution >= 0.6 is 11.6 Å². The molecular weight excluding hydrogens is 378 g/mol. The molecule has 0 spiro atoms. The van der Waals surface area contributed by atoms with E-state index in [0.29, 0.717) is 29.3 Å². The second kappa shape index (κ2) is 8.07. The van der Waals surface area contributed by atoms with Gasteiger partial charge in [-0.3, -0.25) is 0 Å². The zero-order chi connectivity index (χ0) is 19.4. The first-order valence-corrected chi connectivity index (χ1v) is 10.5. The highest BCUT2D eigenvalue weighted by Crippen LogP contribution is 2.37. The van der Waals surface area contributed by atoms with Crippen LogP contribution in [0.5, 0.6) is 5.88 Å². The Hall–Kier alpha value is -2.09. The largest absolute Gasteiger partial charge is 0.477 e. The number of halogens is 1. The van der Waals surface area contributed by atoms with Gasteiger partial charge in [0.1, 0.15) is 15.0 Å². The zero-order valence-electron chi connectivity index (χ0n) is 14.8. The van der Waals surface area contributed by atoms with E-state index < -0.39 is 15.4 Å². The van der Waals surface area contributed by atoms with Crippen LogP contribution in [0, 0.1) is 0 Å². The molecule has 1 atom stereocenters. The molecule has 1 unspecified atom stereocenters. The number of sulfone groups is 1. The fourth-order valence-electron chi connectivity index (χ4n) is 2.53. The lowest BCUT2D eigenvalue weighted by Crippen LogP contribution is -2.18. The minimum Gasteiger partial charge on any atom is -0.477 e. The van der Waals surface area contributed by atoms with Crippen molar-refractivity contribution in [2.75, 3.05) is 18.6 Å². The number of hydrogen-bond acceptors (Lipinski definition) is 6. The van der Waals surface area contributed by atoms with Crippen molar-refractivity contribution in [2.45, 2.75) is 32.2 Å². The normalized spacial score (nSPS) is 13.8. The molecule has 2 heterocycles. The van der Waals surface area contributed by atoms with Crippen molar-refractivity contribution < 1.29 is 13.2 Å². The lowest BCUT2D eigenvalue weighted by molar-refractivity contribution is 0.309. The smallest absolute Gasteiger partial charge is 0.222 e. The van der Waals surface area contributed by atoms with Crippen molar-refractivity contribution in [3.05, 3.63) is 39.6 Å². The van der Waals surface area contributed by atoms with E-state index in [1.54, 1.807) is 18.5 Å². The highest BCUT2D eigenvalue weighted by Gasteiger charge is 2.27. The van der Waals surface area contributed by atoms with Crippen molar-refractivity contribution in [1.29, 1.82) is 0 Å². The summed E-state index contributed by atoms with van der Waals surface area (Å²) in [4.78, 5) is 11.4. The summed E-state index contributed by atoms with van der Waals surface area (Å²) in [6.45, 7) is 3.95. The van der Waals surface area contributed by atoms with Crippen molar-refractivity contribution in [3.8, 4) is 5.88 Å². The van der Waals surface area contributed by atoms with Gasteiger partial charge >= 0.3 is 0 Å². The molecule has 0 bridgehead atoms. The predicted octanol–water partition coefficient (Wildman–Crippen LogP) is 4.03. The number of ether oxygens (including phenoxy) is 1. The minimum atomic E-state index is -3.04. The van der Waals surface area contributed by atoms with Crippen molar-refractivity contribution in [2.24, 2.45) is 5.11 Å². The van der Waals surface area contributed by atoms with Crippen molar-refractivity contribution in [3.63, 3.8) is 0 Å². The van der Waals surface area contributed by atoms with Crippen LogP contribution < -0.4 is 4.74 Å². The Morgan fingerprint density at radius 2 is 2.08 bits per heavy atom. The number of aromatic nitrogens is 2. The van der Waals surface area contributed by atoms with E-state index in [1.807, 2.05) is 13.8 Å². The molecule has 0 aliphatic heterocycles. The first-order chi connectivity index (χ1) is 12.2. The summed E-state index contributed by atoms with van der Waals surface area (Å²) in [7, 11) is -3.04. The lowest BCUT2D eigenvalue weighted by atomic mass is 9.88. The highest BCUT2D eigenvalue weighted by molar-refractivity contribution is 7.90. The Bertz CT molecular complexity index is 960. The second-order valence-corrected chi connectivity index (χ2v) is 8.83. The van der Waals surface area contributed by atoms with Crippen LogP contribution in [0.25, 0.3) is 21.2 Å². The van der Waals surface area contributed by atoms with E-state index in [4.69, 9.17) is 21.9 Å². The van der Waals surface area contributed by atoms with Gasteiger partial charge in [-0.15, -0.1) is 0 Å².